The van der Waals surface area contributed by atoms with Gasteiger partial charge in [0.25, 0.3) is 0 Å². The third kappa shape index (κ3) is 9.84. The third-order valence-corrected chi connectivity index (χ3v) is 10.5. The quantitative estimate of drug-likeness (QED) is 0.0941. The van der Waals surface area contributed by atoms with E-state index in [2.05, 4.69) is 85.2 Å². The number of rotatable bonds is 18. The van der Waals surface area contributed by atoms with Crippen molar-refractivity contribution in [1.82, 2.24) is 29.5 Å². The second-order valence-electron chi connectivity index (χ2n) is 15.2. The summed E-state index contributed by atoms with van der Waals surface area (Å²) in [6.07, 6.45) is 8.89. The highest BCUT2D eigenvalue weighted by atomic mass is 16.5. The van der Waals surface area contributed by atoms with Gasteiger partial charge < -0.3 is 34.6 Å². The SMILES string of the molecule is CCCC(CCC)Nc1nc(N(Cc2ccc(OC)cc2)Cc2ccc(OC)cc2)c2ncc(C(O)c3cnc(N4CCC(CN(C)C)CC4)c(C)c3)n2n1. The molecule has 0 spiro atoms. The van der Waals surface area contributed by atoms with Crippen LogP contribution in [0.4, 0.5) is 17.6 Å². The predicted molar refractivity (Wildman–Crippen MR) is 220 cm³/mol. The Kier molecular flexibility index (Phi) is 13.4. The summed E-state index contributed by atoms with van der Waals surface area (Å²) in [5, 5.41) is 20.7. The fourth-order valence-electron chi connectivity index (χ4n) is 7.70. The number of ether oxygens (including phenoxy) is 2. The first-order valence-electron chi connectivity index (χ1n) is 19.8. The Morgan fingerprint density at radius 3 is 2.00 bits per heavy atom. The molecule has 294 valence electrons. The number of hydrogen-bond donors (Lipinski definition) is 2. The van der Waals surface area contributed by atoms with E-state index in [1.54, 1.807) is 31.1 Å². The number of aliphatic hydroxyl groups excluding tert-OH is 1. The molecule has 1 aliphatic heterocycles. The van der Waals surface area contributed by atoms with Crippen molar-refractivity contribution in [2.75, 3.05) is 63.1 Å². The molecule has 1 atom stereocenters. The lowest BCUT2D eigenvalue weighted by Gasteiger charge is -2.34. The molecule has 1 saturated heterocycles. The number of imidazole rings is 1. The summed E-state index contributed by atoms with van der Waals surface area (Å²) in [4.78, 5) is 21.9. The van der Waals surface area contributed by atoms with Crippen LogP contribution < -0.4 is 24.6 Å². The maximum Gasteiger partial charge on any atom is 0.243 e. The van der Waals surface area contributed by atoms with Gasteiger partial charge in [0.05, 0.1) is 26.1 Å². The molecule has 55 heavy (non-hydrogen) atoms. The molecule has 5 aromatic rings. The number of hydrogen-bond acceptors (Lipinski definition) is 11. The van der Waals surface area contributed by atoms with E-state index in [9.17, 15) is 5.11 Å². The van der Waals surface area contributed by atoms with Crippen LogP contribution in [-0.2, 0) is 13.1 Å². The molecule has 12 nitrogen and oxygen atoms in total. The standard InChI is InChI=1S/C43H59N9O3/c1-8-10-35(11-9-2)46-43-47-42(51(28-31-12-16-36(54-6)17-13-31)29-32-14-18-37(55-7)19-15-32)41-45-26-38(52(41)48-43)39(53)34-24-30(3)40(44-25-34)50-22-20-33(21-23-50)27-49(4)5/h12-19,24-26,33,35,39,53H,8-11,20-23,27-29H2,1-7H3,(H,46,48). The normalized spacial score (nSPS) is 14.2. The van der Waals surface area contributed by atoms with Crippen LogP contribution in [0.5, 0.6) is 11.5 Å². The fraction of sp³-hybridized carbons (Fsp3) is 0.488. The Balaban J connectivity index is 1.38. The summed E-state index contributed by atoms with van der Waals surface area (Å²) in [7, 11) is 7.64. The molecule has 1 aliphatic rings. The largest absolute Gasteiger partial charge is 0.497 e. The number of anilines is 3. The number of aromatic nitrogens is 5. The summed E-state index contributed by atoms with van der Waals surface area (Å²) in [5.74, 6) is 4.45. The highest BCUT2D eigenvalue weighted by Gasteiger charge is 2.26. The first kappa shape index (κ1) is 39.7. The number of nitrogens with zero attached hydrogens (tertiary/aromatic N) is 8. The maximum atomic E-state index is 12.0. The smallest absolute Gasteiger partial charge is 0.243 e. The summed E-state index contributed by atoms with van der Waals surface area (Å²) >= 11 is 0. The van der Waals surface area contributed by atoms with Gasteiger partial charge in [-0.25, -0.2) is 14.5 Å². The van der Waals surface area contributed by atoms with E-state index in [4.69, 9.17) is 29.5 Å². The Bertz CT molecular complexity index is 1900. The molecule has 0 amide bonds. The molecule has 2 aromatic carbocycles. The summed E-state index contributed by atoms with van der Waals surface area (Å²) in [5.41, 5.74) is 5.03. The number of fused-ring (bicyclic) bond motifs is 1. The van der Waals surface area contributed by atoms with Crippen molar-refractivity contribution in [3.8, 4) is 11.5 Å². The fourth-order valence-corrected chi connectivity index (χ4v) is 7.70. The van der Waals surface area contributed by atoms with Crippen LogP contribution in [0.2, 0.25) is 0 Å². The van der Waals surface area contributed by atoms with E-state index >= 15 is 0 Å². The van der Waals surface area contributed by atoms with Gasteiger partial charge in [0.1, 0.15) is 23.4 Å². The van der Waals surface area contributed by atoms with Gasteiger partial charge in [-0.1, -0.05) is 51.0 Å². The van der Waals surface area contributed by atoms with Crippen molar-refractivity contribution in [1.29, 1.82) is 0 Å². The predicted octanol–water partition coefficient (Wildman–Crippen LogP) is 7.29. The molecule has 6 rings (SSSR count). The summed E-state index contributed by atoms with van der Waals surface area (Å²) < 4.78 is 12.7. The topological polar surface area (TPSA) is 116 Å². The van der Waals surface area contributed by atoms with Crippen molar-refractivity contribution in [3.63, 3.8) is 0 Å². The van der Waals surface area contributed by atoms with E-state index in [0.29, 0.717) is 47.7 Å². The monoisotopic (exact) mass is 749 g/mol. The highest BCUT2D eigenvalue weighted by molar-refractivity contribution is 5.66. The number of pyridine rings is 1. The summed E-state index contributed by atoms with van der Waals surface area (Å²) in [6, 6.07) is 18.4. The lowest BCUT2D eigenvalue weighted by molar-refractivity contribution is 0.212. The van der Waals surface area contributed by atoms with Crippen molar-refractivity contribution in [3.05, 3.63) is 94.9 Å². The van der Waals surface area contributed by atoms with Gasteiger partial charge in [-0.05, 0) is 99.6 Å². The second kappa shape index (κ2) is 18.6. The molecule has 1 unspecified atom stereocenters. The second-order valence-corrected chi connectivity index (χ2v) is 15.2. The van der Waals surface area contributed by atoms with Crippen molar-refractivity contribution in [2.24, 2.45) is 5.92 Å². The van der Waals surface area contributed by atoms with Crippen molar-refractivity contribution in [2.45, 2.75) is 84.5 Å². The molecule has 0 radical (unpaired) electrons. The number of aryl methyl sites for hydroxylation is 1. The minimum absolute atomic E-state index is 0.209. The zero-order chi connectivity index (χ0) is 38.9. The van der Waals surface area contributed by atoms with Gasteiger partial charge in [-0.15, -0.1) is 5.10 Å². The molecule has 3 aromatic heterocycles. The molecule has 0 saturated carbocycles. The number of piperidine rings is 1. The minimum Gasteiger partial charge on any atom is -0.497 e. The zero-order valence-corrected chi connectivity index (χ0v) is 33.7. The summed E-state index contributed by atoms with van der Waals surface area (Å²) in [6.45, 7) is 10.7. The molecule has 0 bridgehead atoms. The molecule has 2 N–H and O–H groups in total. The number of aliphatic hydroxyl groups is 1. The number of methoxy groups -OCH3 is 2. The Hall–Kier alpha value is -4.94. The van der Waals surface area contributed by atoms with E-state index in [-0.39, 0.29) is 6.04 Å². The zero-order valence-electron chi connectivity index (χ0n) is 33.7. The lowest BCUT2D eigenvalue weighted by Crippen LogP contribution is -2.37. The molecule has 4 heterocycles. The van der Waals surface area contributed by atoms with Gasteiger partial charge in [0.2, 0.25) is 5.95 Å². The van der Waals surface area contributed by atoms with Gasteiger partial charge in [0.15, 0.2) is 11.5 Å². The third-order valence-electron chi connectivity index (χ3n) is 10.5. The van der Waals surface area contributed by atoms with Gasteiger partial charge in [-0.2, -0.15) is 4.98 Å². The molecular formula is C43H59N9O3. The first-order chi connectivity index (χ1) is 26.7. The minimum atomic E-state index is -1.00. The van der Waals surface area contributed by atoms with E-state index in [1.165, 1.54) is 0 Å². The molecule has 1 fully saturated rings. The molecule has 12 heteroatoms. The average molecular weight is 750 g/mol. The highest BCUT2D eigenvalue weighted by Crippen LogP contribution is 2.32. The van der Waals surface area contributed by atoms with Crippen LogP contribution in [0.15, 0.2) is 67.0 Å². The number of benzene rings is 2. The number of nitrogens with one attached hydrogen (secondary N) is 1. The van der Waals surface area contributed by atoms with Crippen LogP contribution in [0.25, 0.3) is 5.65 Å². The van der Waals surface area contributed by atoms with Crippen LogP contribution in [0.1, 0.15) is 86.4 Å². The molecular weight excluding hydrogens is 691 g/mol. The van der Waals surface area contributed by atoms with Crippen LogP contribution >= 0.6 is 0 Å². The van der Waals surface area contributed by atoms with Crippen LogP contribution in [-0.4, -0.2) is 88.6 Å². The molecule has 0 aliphatic carbocycles. The van der Waals surface area contributed by atoms with E-state index < -0.39 is 6.10 Å². The Labute approximate surface area is 326 Å². The van der Waals surface area contributed by atoms with E-state index in [0.717, 1.165) is 92.2 Å². The lowest BCUT2D eigenvalue weighted by atomic mass is 9.96. The van der Waals surface area contributed by atoms with Gasteiger partial charge in [0, 0.05) is 50.5 Å². The maximum absolute atomic E-state index is 12.0. The van der Waals surface area contributed by atoms with Crippen molar-refractivity contribution < 1.29 is 14.6 Å². The van der Waals surface area contributed by atoms with Crippen LogP contribution in [0, 0.1) is 12.8 Å². The average Bonchev–Trinajstić information content (AvgIpc) is 3.62. The Morgan fingerprint density at radius 2 is 1.47 bits per heavy atom. The Morgan fingerprint density at radius 1 is 0.873 bits per heavy atom. The van der Waals surface area contributed by atoms with Crippen LogP contribution in [0.3, 0.4) is 0 Å². The van der Waals surface area contributed by atoms with Crippen molar-refractivity contribution >= 4 is 23.2 Å². The first-order valence-corrected chi connectivity index (χ1v) is 19.8. The van der Waals surface area contributed by atoms with Gasteiger partial charge >= 0.3 is 0 Å². The van der Waals surface area contributed by atoms with Gasteiger partial charge in [-0.3, -0.25) is 0 Å². The van der Waals surface area contributed by atoms with E-state index in [1.807, 2.05) is 24.3 Å².